The zero-order valence-electron chi connectivity index (χ0n) is 18.7. The maximum atomic E-state index is 9.53. The predicted molar refractivity (Wildman–Crippen MR) is 127 cm³/mol. The number of rotatable bonds is 6. The van der Waals surface area contributed by atoms with Gasteiger partial charge in [-0.25, -0.2) is 9.97 Å². The minimum absolute atomic E-state index is 0.0230. The van der Waals surface area contributed by atoms with Gasteiger partial charge in [0, 0.05) is 18.8 Å². The Bertz CT molecular complexity index is 1350. The molecule has 10 nitrogen and oxygen atoms in total. The van der Waals surface area contributed by atoms with Crippen LogP contribution < -0.4 is 10.2 Å². The zero-order chi connectivity index (χ0) is 23.5. The summed E-state index contributed by atoms with van der Waals surface area (Å²) in [5.41, 5.74) is 4.37. The number of ether oxygens (including phenoxy) is 1. The van der Waals surface area contributed by atoms with Crippen LogP contribution in [0.5, 0.6) is 0 Å². The van der Waals surface area contributed by atoms with Crippen molar-refractivity contribution in [2.45, 2.75) is 19.4 Å². The van der Waals surface area contributed by atoms with Crippen molar-refractivity contribution in [2.24, 2.45) is 0 Å². The van der Waals surface area contributed by atoms with Crippen molar-refractivity contribution in [1.82, 2.24) is 24.7 Å². The van der Waals surface area contributed by atoms with E-state index in [-0.39, 0.29) is 6.61 Å². The molecule has 5 rings (SSSR count). The van der Waals surface area contributed by atoms with E-state index in [0.29, 0.717) is 37.8 Å². The normalized spacial score (nSPS) is 15.9. The summed E-state index contributed by atoms with van der Waals surface area (Å²) in [7, 11) is 0. The van der Waals surface area contributed by atoms with Gasteiger partial charge >= 0.3 is 0 Å². The lowest BCUT2D eigenvalue weighted by Crippen LogP contribution is -2.42. The van der Waals surface area contributed by atoms with Crippen LogP contribution in [0.2, 0.25) is 0 Å². The number of aliphatic hydroxyl groups is 1. The first-order valence-electron chi connectivity index (χ1n) is 11.1. The molecule has 1 fully saturated rings. The Morgan fingerprint density at radius 3 is 2.91 bits per heavy atom. The van der Waals surface area contributed by atoms with Crippen molar-refractivity contribution in [1.29, 1.82) is 5.26 Å². The first-order chi connectivity index (χ1) is 16.6. The van der Waals surface area contributed by atoms with Crippen LogP contribution in [0.4, 0.5) is 17.3 Å². The quantitative estimate of drug-likeness (QED) is 0.450. The fourth-order valence-corrected chi connectivity index (χ4v) is 4.00. The van der Waals surface area contributed by atoms with Crippen LogP contribution in [0.15, 0.2) is 48.8 Å². The van der Waals surface area contributed by atoms with E-state index in [4.69, 9.17) is 9.72 Å². The second-order valence-electron chi connectivity index (χ2n) is 8.06. The Balaban J connectivity index is 1.47. The number of fused-ring (bicyclic) bond motifs is 1. The minimum Gasteiger partial charge on any atom is -0.396 e. The van der Waals surface area contributed by atoms with Gasteiger partial charge in [0.25, 0.3) is 0 Å². The van der Waals surface area contributed by atoms with Crippen molar-refractivity contribution in [3.05, 3.63) is 60.0 Å². The molecule has 0 amide bonds. The first kappa shape index (κ1) is 21.8. The van der Waals surface area contributed by atoms with Gasteiger partial charge in [-0.3, -0.25) is 4.57 Å². The molecule has 3 aromatic heterocycles. The fraction of sp³-hybridized carbons (Fsp3) is 0.292. The summed E-state index contributed by atoms with van der Waals surface area (Å²) in [6.45, 7) is 3.45. The number of aliphatic hydroxyl groups excluding tert-OH is 1. The van der Waals surface area contributed by atoms with Gasteiger partial charge in [0.05, 0.1) is 35.9 Å². The Morgan fingerprint density at radius 2 is 2.12 bits per heavy atom. The number of hydrogen-bond donors (Lipinski definition) is 2. The molecule has 1 aromatic carbocycles. The third-order valence-corrected chi connectivity index (χ3v) is 5.70. The molecule has 0 bridgehead atoms. The summed E-state index contributed by atoms with van der Waals surface area (Å²) in [5.74, 6) is 2.13. The Labute approximate surface area is 196 Å². The number of benzene rings is 1. The van der Waals surface area contributed by atoms with E-state index in [1.807, 2.05) is 54.0 Å². The highest BCUT2D eigenvalue weighted by atomic mass is 16.5. The van der Waals surface area contributed by atoms with Crippen molar-refractivity contribution < 1.29 is 9.84 Å². The second kappa shape index (κ2) is 9.43. The lowest BCUT2D eigenvalue weighted by molar-refractivity contribution is 0.0760. The van der Waals surface area contributed by atoms with Crippen LogP contribution in [-0.4, -0.2) is 62.2 Å². The third-order valence-electron chi connectivity index (χ3n) is 5.70. The van der Waals surface area contributed by atoms with Crippen LogP contribution in [0.25, 0.3) is 16.9 Å². The number of aryl methyl sites for hydroxylation is 1. The van der Waals surface area contributed by atoms with Crippen LogP contribution >= 0.6 is 0 Å². The van der Waals surface area contributed by atoms with Gasteiger partial charge in [-0.1, -0.05) is 6.07 Å². The molecule has 1 unspecified atom stereocenters. The monoisotopic (exact) mass is 456 g/mol. The van der Waals surface area contributed by atoms with E-state index in [9.17, 15) is 10.4 Å². The van der Waals surface area contributed by atoms with E-state index in [1.165, 1.54) is 0 Å². The molecular weight excluding hydrogens is 432 g/mol. The second-order valence-corrected chi connectivity index (χ2v) is 8.06. The fourth-order valence-electron chi connectivity index (χ4n) is 4.00. The van der Waals surface area contributed by atoms with E-state index < -0.39 is 6.10 Å². The molecule has 4 aromatic rings. The summed E-state index contributed by atoms with van der Waals surface area (Å²) in [4.78, 5) is 11.5. The van der Waals surface area contributed by atoms with Crippen molar-refractivity contribution in [3.63, 3.8) is 0 Å². The molecule has 1 aliphatic rings. The molecule has 34 heavy (non-hydrogen) atoms. The highest BCUT2D eigenvalue weighted by Crippen LogP contribution is 2.26. The van der Waals surface area contributed by atoms with E-state index in [0.717, 1.165) is 33.8 Å². The molecule has 0 aliphatic carbocycles. The van der Waals surface area contributed by atoms with Crippen molar-refractivity contribution in [2.75, 3.05) is 36.5 Å². The first-order valence-corrected chi connectivity index (χ1v) is 11.1. The largest absolute Gasteiger partial charge is 0.396 e. The van der Waals surface area contributed by atoms with Crippen LogP contribution in [0.3, 0.4) is 0 Å². The number of imidazole rings is 1. The molecular formula is C24H24N8O2. The topological polar surface area (TPSA) is 125 Å². The number of aromatic nitrogens is 5. The molecule has 1 aliphatic heterocycles. The Kier molecular flexibility index (Phi) is 6.03. The van der Waals surface area contributed by atoms with Gasteiger partial charge in [0.1, 0.15) is 18.0 Å². The van der Waals surface area contributed by atoms with Crippen molar-refractivity contribution in [3.8, 4) is 11.9 Å². The molecule has 172 valence electrons. The standard InChI is InChI=1S/C24H24N8O2/c1-16-2-6-22(30-29-16)27-18-4-5-21-20(12-18)26-15-32(21)23-7-3-17(8-10-33)24(28-23)31-9-11-34-19(13-25)14-31/h2-7,12,15,19,33H,8-11,14H2,1H3,(H,27,30). The summed E-state index contributed by atoms with van der Waals surface area (Å²) >= 11 is 0. The maximum absolute atomic E-state index is 9.53. The van der Waals surface area contributed by atoms with Gasteiger partial charge < -0.3 is 20.1 Å². The van der Waals surface area contributed by atoms with E-state index in [2.05, 4.69) is 31.5 Å². The number of morpholine rings is 1. The SMILES string of the molecule is Cc1ccc(Nc2ccc3c(c2)ncn3-c2ccc(CCO)c(N3CCOC(C#N)C3)n2)nn1. The lowest BCUT2D eigenvalue weighted by atomic mass is 10.1. The Morgan fingerprint density at radius 1 is 1.21 bits per heavy atom. The molecule has 0 spiro atoms. The van der Waals surface area contributed by atoms with Gasteiger partial charge in [-0.2, -0.15) is 10.4 Å². The van der Waals surface area contributed by atoms with Crippen LogP contribution in [-0.2, 0) is 11.2 Å². The molecule has 4 heterocycles. The average molecular weight is 457 g/mol. The third kappa shape index (κ3) is 4.39. The van der Waals surface area contributed by atoms with Gasteiger partial charge in [0.2, 0.25) is 0 Å². The number of hydrogen-bond acceptors (Lipinski definition) is 9. The number of nitrogens with zero attached hydrogens (tertiary/aromatic N) is 7. The summed E-state index contributed by atoms with van der Waals surface area (Å²) in [6, 6.07) is 15.8. The Hall–Kier alpha value is -4.07. The molecule has 2 N–H and O–H groups in total. The number of anilines is 3. The highest BCUT2D eigenvalue weighted by Gasteiger charge is 2.23. The average Bonchev–Trinajstić information content (AvgIpc) is 3.29. The molecule has 10 heteroatoms. The summed E-state index contributed by atoms with van der Waals surface area (Å²) < 4.78 is 7.42. The lowest BCUT2D eigenvalue weighted by Gasteiger charge is -2.32. The van der Waals surface area contributed by atoms with Crippen molar-refractivity contribution >= 4 is 28.4 Å². The van der Waals surface area contributed by atoms with Gasteiger partial charge in [-0.15, -0.1) is 5.10 Å². The minimum atomic E-state index is -0.501. The van der Waals surface area contributed by atoms with Gasteiger partial charge in [-0.05, 0) is 55.3 Å². The number of pyridine rings is 1. The molecule has 1 atom stereocenters. The number of nitrogens with one attached hydrogen (secondary N) is 1. The molecule has 0 saturated carbocycles. The maximum Gasteiger partial charge on any atom is 0.161 e. The highest BCUT2D eigenvalue weighted by molar-refractivity contribution is 5.82. The van der Waals surface area contributed by atoms with Gasteiger partial charge in [0.15, 0.2) is 11.9 Å². The summed E-state index contributed by atoms with van der Waals surface area (Å²) in [6.07, 6.45) is 1.73. The number of nitriles is 1. The predicted octanol–water partition coefficient (Wildman–Crippen LogP) is 2.53. The van der Waals surface area contributed by atoms with Crippen LogP contribution in [0, 0.1) is 18.3 Å². The molecule has 0 radical (unpaired) electrons. The smallest absolute Gasteiger partial charge is 0.161 e. The summed E-state index contributed by atoms with van der Waals surface area (Å²) in [5, 5.41) is 30.3. The van der Waals surface area contributed by atoms with E-state index in [1.54, 1.807) is 6.33 Å². The van der Waals surface area contributed by atoms with E-state index >= 15 is 0 Å². The van der Waals surface area contributed by atoms with Crippen LogP contribution in [0.1, 0.15) is 11.3 Å². The zero-order valence-corrected chi connectivity index (χ0v) is 18.7. The molecule has 1 saturated heterocycles.